The standard InChI is InChI=1S/C16H25N3/c17-9-12-19(13-14-5-2-1-3-6-14)16-8-11-18-10-4-7-15(16)18/h1-3,5-6,15-16H,4,7-13,17H2. The maximum absolute atomic E-state index is 5.83. The van der Waals surface area contributed by atoms with Crippen LogP contribution in [0.25, 0.3) is 0 Å². The molecular weight excluding hydrogens is 234 g/mol. The molecule has 2 unspecified atom stereocenters. The summed E-state index contributed by atoms with van der Waals surface area (Å²) in [6, 6.07) is 12.3. The molecule has 2 saturated heterocycles. The van der Waals surface area contributed by atoms with Gasteiger partial charge in [-0.05, 0) is 31.4 Å². The van der Waals surface area contributed by atoms with Crippen molar-refractivity contribution in [1.29, 1.82) is 0 Å². The maximum Gasteiger partial charge on any atom is 0.0267 e. The molecule has 2 fully saturated rings. The molecule has 2 atom stereocenters. The van der Waals surface area contributed by atoms with E-state index in [9.17, 15) is 0 Å². The Morgan fingerprint density at radius 1 is 1.16 bits per heavy atom. The molecule has 0 amide bonds. The maximum atomic E-state index is 5.83. The van der Waals surface area contributed by atoms with E-state index in [0.717, 1.165) is 25.7 Å². The van der Waals surface area contributed by atoms with Gasteiger partial charge in [0, 0.05) is 38.3 Å². The number of nitrogens with two attached hydrogens (primary N) is 1. The molecule has 3 rings (SSSR count). The minimum Gasteiger partial charge on any atom is -0.329 e. The number of nitrogens with zero attached hydrogens (tertiary/aromatic N) is 2. The molecule has 2 aliphatic heterocycles. The molecule has 0 spiro atoms. The third-order valence-corrected chi connectivity index (χ3v) is 4.68. The van der Waals surface area contributed by atoms with E-state index in [4.69, 9.17) is 5.73 Å². The Balaban J connectivity index is 1.70. The van der Waals surface area contributed by atoms with Crippen molar-refractivity contribution in [2.24, 2.45) is 5.73 Å². The van der Waals surface area contributed by atoms with E-state index in [1.165, 1.54) is 37.9 Å². The zero-order valence-corrected chi connectivity index (χ0v) is 11.7. The molecule has 3 nitrogen and oxygen atoms in total. The summed E-state index contributed by atoms with van der Waals surface area (Å²) >= 11 is 0. The summed E-state index contributed by atoms with van der Waals surface area (Å²) in [7, 11) is 0. The van der Waals surface area contributed by atoms with Crippen molar-refractivity contribution in [1.82, 2.24) is 9.80 Å². The molecule has 0 saturated carbocycles. The normalized spacial score (nSPS) is 27.1. The second-order valence-electron chi connectivity index (χ2n) is 5.85. The highest BCUT2D eigenvalue weighted by Crippen LogP contribution is 2.31. The number of rotatable bonds is 5. The van der Waals surface area contributed by atoms with Gasteiger partial charge < -0.3 is 5.73 Å². The van der Waals surface area contributed by atoms with Crippen molar-refractivity contribution in [3.05, 3.63) is 35.9 Å². The number of benzene rings is 1. The van der Waals surface area contributed by atoms with Crippen LogP contribution in [-0.4, -0.2) is 48.1 Å². The first kappa shape index (κ1) is 13.1. The molecule has 2 aliphatic rings. The lowest BCUT2D eigenvalue weighted by atomic mass is 10.0. The summed E-state index contributed by atoms with van der Waals surface area (Å²) < 4.78 is 0. The van der Waals surface area contributed by atoms with Gasteiger partial charge in [-0.3, -0.25) is 9.80 Å². The second-order valence-corrected chi connectivity index (χ2v) is 5.85. The van der Waals surface area contributed by atoms with Crippen molar-refractivity contribution in [3.8, 4) is 0 Å². The number of hydrogen-bond donors (Lipinski definition) is 1. The fourth-order valence-electron chi connectivity index (χ4n) is 3.83. The van der Waals surface area contributed by atoms with Gasteiger partial charge in [-0.2, -0.15) is 0 Å². The quantitative estimate of drug-likeness (QED) is 0.873. The molecule has 104 valence electrons. The van der Waals surface area contributed by atoms with Crippen LogP contribution < -0.4 is 5.73 Å². The minimum absolute atomic E-state index is 0.714. The van der Waals surface area contributed by atoms with Gasteiger partial charge in [0.1, 0.15) is 0 Å². The van der Waals surface area contributed by atoms with Gasteiger partial charge in [-0.1, -0.05) is 30.3 Å². The van der Waals surface area contributed by atoms with Crippen LogP contribution in [0.15, 0.2) is 30.3 Å². The Morgan fingerprint density at radius 3 is 2.79 bits per heavy atom. The molecule has 0 aromatic heterocycles. The third kappa shape index (κ3) is 2.83. The van der Waals surface area contributed by atoms with E-state index in [-0.39, 0.29) is 0 Å². The highest BCUT2D eigenvalue weighted by atomic mass is 15.3. The molecule has 2 N–H and O–H groups in total. The van der Waals surface area contributed by atoms with E-state index >= 15 is 0 Å². The average Bonchev–Trinajstić information content (AvgIpc) is 3.02. The Morgan fingerprint density at radius 2 is 2.00 bits per heavy atom. The van der Waals surface area contributed by atoms with Crippen molar-refractivity contribution < 1.29 is 0 Å². The van der Waals surface area contributed by atoms with Gasteiger partial charge in [-0.25, -0.2) is 0 Å². The number of hydrogen-bond acceptors (Lipinski definition) is 3. The summed E-state index contributed by atoms with van der Waals surface area (Å²) in [5.74, 6) is 0. The molecule has 0 aliphatic carbocycles. The van der Waals surface area contributed by atoms with Crippen LogP contribution in [0.2, 0.25) is 0 Å². The number of fused-ring (bicyclic) bond motifs is 1. The molecule has 2 heterocycles. The highest BCUT2D eigenvalue weighted by Gasteiger charge is 2.39. The first-order valence-electron chi connectivity index (χ1n) is 7.60. The molecule has 19 heavy (non-hydrogen) atoms. The van der Waals surface area contributed by atoms with E-state index in [1.807, 2.05) is 0 Å². The lowest BCUT2D eigenvalue weighted by Crippen LogP contribution is -2.44. The zero-order chi connectivity index (χ0) is 13.1. The van der Waals surface area contributed by atoms with Crippen LogP contribution in [0, 0.1) is 0 Å². The summed E-state index contributed by atoms with van der Waals surface area (Å²) in [6.45, 7) is 5.42. The fraction of sp³-hybridized carbons (Fsp3) is 0.625. The van der Waals surface area contributed by atoms with E-state index in [1.54, 1.807) is 0 Å². The SMILES string of the molecule is NCCN(Cc1ccccc1)C1CCN2CCCC12. The average molecular weight is 259 g/mol. The van der Waals surface area contributed by atoms with E-state index in [0.29, 0.717) is 6.04 Å². The predicted molar refractivity (Wildman–Crippen MR) is 78.9 cm³/mol. The second kappa shape index (κ2) is 6.04. The molecule has 0 radical (unpaired) electrons. The van der Waals surface area contributed by atoms with E-state index in [2.05, 4.69) is 40.1 Å². The summed E-state index contributed by atoms with van der Waals surface area (Å²) in [5, 5.41) is 0. The van der Waals surface area contributed by atoms with Crippen LogP contribution in [0.4, 0.5) is 0 Å². The molecule has 1 aromatic carbocycles. The van der Waals surface area contributed by atoms with Crippen molar-refractivity contribution in [2.45, 2.75) is 37.9 Å². The smallest absolute Gasteiger partial charge is 0.0267 e. The van der Waals surface area contributed by atoms with Crippen LogP contribution in [0.5, 0.6) is 0 Å². The summed E-state index contributed by atoms with van der Waals surface area (Å²) in [5.41, 5.74) is 7.24. The lowest BCUT2D eigenvalue weighted by molar-refractivity contribution is 0.156. The van der Waals surface area contributed by atoms with Crippen molar-refractivity contribution in [3.63, 3.8) is 0 Å². The van der Waals surface area contributed by atoms with Gasteiger partial charge in [0.2, 0.25) is 0 Å². The van der Waals surface area contributed by atoms with Crippen molar-refractivity contribution in [2.75, 3.05) is 26.2 Å². The van der Waals surface area contributed by atoms with Crippen LogP contribution >= 0.6 is 0 Å². The zero-order valence-electron chi connectivity index (χ0n) is 11.7. The highest BCUT2D eigenvalue weighted by molar-refractivity contribution is 5.15. The lowest BCUT2D eigenvalue weighted by Gasteiger charge is -2.32. The Kier molecular flexibility index (Phi) is 4.16. The van der Waals surface area contributed by atoms with Gasteiger partial charge >= 0.3 is 0 Å². The van der Waals surface area contributed by atoms with Crippen LogP contribution in [-0.2, 0) is 6.54 Å². The topological polar surface area (TPSA) is 32.5 Å². The Bertz CT molecular complexity index is 392. The minimum atomic E-state index is 0.714. The van der Waals surface area contributed by atoms with Crippen LogP contribution in [0.1, 0.15) is 24.8 Å². The first-order chi connectivity index (χ1) is 9.38. The first-order valence-corrected chi connectivity index (χ1v) is 7.60. The molecule has 0 bridgehead atoms. The third-order valence-electron chi connectivity index (χ3n) is 4.68. The molecule has 1 aromatic rings. The van der Waals surface area contributed by atoms with Gasteiger partial charge in [-0.15, -0.1) is 0 Å². The molecular formula is C16H25N3. The van der Waals surface area contributed by atoms with Gasteiger partial charge in [0.15, 0.2) is 0 Å². The van der Waals surface area contributed by atoms with Crippen molar-refractivity contribution >= 4 is 0 Å². The summed E-state index contributed by atoms with van der Waals surface area (Å²) in [4.78, 5) is 5.30. The Labute approximate surface area is 116 Å². The largest absolute Gasteiger partial charge is 0.329 e. The fourth-order valence-corrected chi connectivity index (χ4v) is 3.83. The molecule has 3 heteroatoms. The summed E-state index contributed by atoms with van der Waals surface area (Å²) in [6.07, 6.45) is 4.07. The van der Waals surface area contributed by atoms with E-state index < -0.39 is 0 Å². The Hall–Kier alpha value is -0.900. The van der Waals surface area contributed by atoms with Crippen LogP contribution in [0.3, 0.4) is 0 Å². The monoisotopic (exact) mass is 259 g/mol. The van der Waals surface area contributed by atoms with Gasteiger partial charge in [0.25, 0.3) is 0 Å². The predicted octanol–water partition coefficient (Wildman–Crippen LogP) is 1.68. The van der Waals surface area contributed by atoms with Gasteiger partial charge in [0.05, 0.1) is 0 Å².